The molecule has 0 saturated carbocycles. The van der Waals surface area contributed by atoms with Gasteiger partial charge in [-0.05, 0) is 25.1 Å². The molecular weight excluding hydrogens is 268 g/mol. The quantitative estimate of drug-likeness (QED) is 0.698. The van der Waals surface area contributed by atoms with Crippen molar-refractivity contribution in [1.29, 1.82) is 0 Å². The highest BCUT2D eigenvalue weighted by atomic mass is 16.5. The number of nitrogens with one attached hydrogen (secondary N) is 2. The lowest BCUT2D eigenvalue weighted by molar-refractivity contribution is 0.0368. The van der Waals surface area contributed by atoms with Crippen LogP contribution in [0.3, 0.4) is 0 Å². The van der Waals surface area contributed by atoms with Crippen LogP contribution in [-0.2, 0) is 4.74 Å². The maximum absolute atomic E-state index is 11.6. The first kappa shape index (κ1) is 15.6. The van der Waals surface area contributed by atoms with Crippen LogP contribution in [-0.4, -0.2) is 56.7 Å². The van der Waals surface area contributed by atoms with E-state index in [2.05, 4.69) is 22.5 Å². The van der Waals surface area contributed by atoms with Crippen LogP contribution in [0.4, 0.5) is 11.4 Å². The third kappa shape index (κ3) is 4.34. The highest BCUT2D eigenvalue weighted by molar-refractivity contribution is 5.95. The smallest absolute Gasteiger partial charge is 0.251 e. The van der Waals surface area contributed by atoms with Gasteiger partial charge in [0, 0.05) is 38.3 Å². The number of anilines is 2. The van der Waals surface area contributed by atoms with E-state index in [1.807, 2.05) is 6.07 Å². The standard InChI is InChI=1S/C15H24N4O2/c1-11(10-19-5-7-21-8-6-19)18-14-4-3-12(9-13(14)16)15(20)17-2/h3-4,9,11,18H,5-8,10,16H2,1-2H3,(H,17,20). The molecule has 1 atom stereocenters. The molecule has 2 rings (SSSR count). The van der Waals surface area contributed by atoms with Crippen molar-refractivity contribution in [2.75, 3.05) is 50.9 Å². The van der Waals surface area contributed by atoms with Crippen molar-refractivity contribution >= 4 is 17.3 Å². The van der Waals surface area contributed by atoms with Crippen LogP contribution in [0.1, 0.15) is 17.3 Å². The summed E-state index contributed by atoms with van der Waals surface area (Å²) in [5, 5.41) is 5.99. The van der Waals surface area contributed by atoms with Gasteiger partial charge in [-0.15, -0.1) is 0 Å². The zero-order valence-corrected chi connectivity index (χ0v) is 12.7. The van der Waals surface area contributed by atoms with Crippen molar-refractivity contribution < 1.29 is 9.53 Å². The first-order chi connectivity index (χ1) is 10.1. The maximum Gasteiger partial charge on any atom is 0.251 e. The van der Waals surface area contributed by atoms with Crippen molar-refractivity contribution in [3.05, 3.63) is 23.8 Å². The second-order valence-electron chi connectivity index (χ2n) is 5.34. The normalized spacial score (nSPS) is 17.2. The number of nitrogens with two attached hydrogens (primary N) is 1. The van der Waals surface area contributed by atoms with Gasteiger partial charge >= 0.3 is 0 Å². The van der Waals surface area contributed by atoms with Gasteiger partial charge in [0.05, 0.1) is 24.6 Å². The Labute approximate surface area is 125 Å². The Morgan fingerprint density at radius 2 is 2.14 bits per heavy atom. The fourth-order valence-corrected chi connectivity index (χ4v) is 2.46. The van der Waals surface area contributed by atoms with Crippen LogP contribution in [0.15, 0.2) is 18.2 Å². The molecule has 1 aliphatic heterocycles. The zero-order chi connectivity index (χ0) is 15.2. The van der Waals surface area contributed by atoms with Crippen molar-refractivity contribution in [2.45, 2.75) is 13.0 Å². The Morgan fingerprint density at radius 3 is 2.76 bits per heavy atom. The Balaban J connectivity index is 1.93. The van der Waals surface area contributed by atoms with E-state index in [-0.39, 0.29) is 11.9 Å². The largest absolute Gasteiger partial charge is 0.397 e. The van der Waals surface area contributed by atoms with Gasteiger partial charge in [-0.2, -0.15) is 0 Å². The van der Waals surface area contributed by atoms with Gasteiger partial charge in [0.2, 0.25) is 0 Å². The summed E-state index contributed by atoms with van der Waals surface area (Å²) in [5.74, 6) is -0.130. The highest BCUT2D eigenvalue weighted by Crippen LogP contribution is 2.21. The molecule has 1 amide bonds. The molecule has 0 spiro atoms. The van der Waals surface area contributed by atoms with E-state index >= 15 is 0 Å². The Hall–Kier alpha value is -1.79. The minimum Gasteiger partial charge on any atom is -0.397 e. The number of rotatable bonds is 5. The van der Waals surface area contributed by atoms with Crippen LogP contribution in [0.2, 0.25) is 0 Å². The third-order valence-electron chi connectivity index (χ3n) is 3.58. The number of hydrogen-bond acceptors (Lipinski definition) is 5. The number of morpholine rings is 1. The Kier molecular flexibility index (Phi) is 5.41. The number of carbonyl (C=O) groups is 1. The zero-order valence-electron chi connectivity index (χ0n) is 12.7. The molecule has 0 radical (unpaired) electrons. The molecule has 1 fully saturated rings. The lowest BCUT2D eigenvalue weighted by Gasteiger charge is -2.30. The number of ether oxygens (including phenoxy) is 1. The van der Waals surface area contributed by atoms with Crippen molar-refractivity contribution in [2.24, 2.45) is 0 Å². The van der Waals surface area contributed by atoms with Gasteiger partial charge in [-0.25, -0.2) is 0 Å². The molecule has 1 aromatic carbocycles. The molecule has 4 N–H and O–H groups in total. The topological polar surface area (TPSA) is 79.6 Å². The fourth-order valence-electron chi connectivity index (χ4n) is 2.46. The summed E-state index contributed by atoms with van der Waals surface area (Å²) in [5.41, 5.74) is 8.04. The van der Waals surface area contributed by atoms with Crippen LogP contribution in [0.25, 0.3) is 0 Å². The van der Waals surface area contributed by atoms with Crippen molar-refractivity contribution in [3.8, 4) is 0 Å². The van der Waals surface area contributed by atoms with Crippen LogP contribution in [0, 0.1) is 0 Å². The average molecular weight is 292 g/mol. The molecule has 0 aromatic heterocycles. The molecule has 0 aliphatic carbocycles. The summed E-state index contributed by atoms with van der Waals surface area (Å²) >= 11 is 0. The van der Waals surface area contributed by atoms with E-state index in [9.17, 15) is 4.79 Å². The summed E-state index contributed by atoms with van der Waals surface area (Å²) in [7, 11) is 1.61. The molecule has 1 heterocycles. The summed E-state index contributed by atoms with van der Waals surface area (Å²) in [6, 6.07) is 5.60. The lowest BCUT2D eigenvalue weighted by atomic mass is 10.1. The van der Waals surface area contributed by atoms with E-state index in [0.717, 1.165) is 38.5 Å². The molecule has 1 aromatic rings. The number of amides is 1. The van der Waals surface area contributed by atoms with E-state index in [1.54, 1.807) is 19.2 Å². The summed E-state index contributed by atoms with van der Waals surface area (Å²) in [4.78, 5) is 13.9. The lowest BCUT2D eigenvalue weighted by Crippen LogP contribution is -2.42. The number of carbonyl (C=O) groups excluding carboxylic acids is 1. The molecule has 21 heavy (non-hydrogen) atoms. The number of nitrogen functional groups attached to an aromatic ring is 1. The second-order valence-corrected chi connectivity index (χ2v) is 5.34. The first-order valence-corrected chi connectivity index (χ1v) is 7.28. The Morgan fingerprint density at radius 1 is 1.43 bits per heavy atom. The summed E-state index contributed by atoms with van der Waals surface area (Å²) in [6.45, 7) is 6.61. The molecule has 1 unspecified atom stereocenters. The summed E-state index contributed by atoms with van der Waals surface area (Å²) < 4.78 is 5.34. The molecule has 6 heteroatoms. The Bertz CT molecular complexity index is 487. The molecular formula is C15H24N4O2. The number of nitrogens with zero attached hydrogens (tertiary/aromatic N) is 1. The predicted octanol–water partition coefficient (Wildman–Crippen LogP) is 0.761. The SMILES string of the molecule is CNC(=O)c1ccc(NC(C)CN2CCOCC2)c(N)c1. The van der Waals surface area contributed by atoms with Crippen LogP contribution in [0.5, 0.6) is 0 Å². The highest BCUT2D eigenvalue weighted by Gasteiger charge is 2.14. The van der Waals surface area contributed by atoms with Crippen LogP contribution < -0.4 is 16.4 Å². The van der Waals surface area contributed by atoms with E-state index in [0.29, 0.717) is 11.3 Å². The molecule has 116 valence electrons. The van der Waals surface area contributed by atoms with Gasteiger partial charge in [0.25, 0.3) is 5.91 Å². The minimum atomic E-state index is -0.130. The predicted molar refractivity (Wildman–Crippen MR) is 84.6 cm³/mol. The first-order valence-electron chi connectivity index (χ1n) is 7.28. The van der Waals surface area contributed by atoms with Gasteiger partial charge in [-0.1, -0.05) is 0 Å². The second kappa shape index (κ2) is 7.28. The molecule has 6 nitrogen and oxygen atoms in total. The number of hydrogen-bond donors (Lipinski definition) is 3. The summed E-state index contributed by atoms with van der Waals surface area (Å²) in [6.07, 6.45) is 0. The van der Waals surface area contributed by atoms with E-state index in [4.69, 9.17) is 10.5 Å². The molecule has 1 saturated heterocycles. The van der Waals surface area contributed by atoms with Crippen LogP contribution >= 0.6 is 0 Å². The molecule has 0 bridgehead atoms. The molecule has 1 aliphatic rings. The van der Waals surface area contributed by atoms with Gasteiger partial charge in [0.15, 0.2) is 0 Å². The minimum absolute atomic E-state index is 0.130. The van der Waals surface area contributed by atoms with E-state index < -0.39 is 0 Å². The third-order valence-corrected chi connectivity index (χ3v) is 3.58. The van der Waals surface area contributed by atoms with Gasteiger partial charge in [-0.3, -0.25) is 9.69 Å². The van der Waals surface area contributed by atoms with E-state index in [1.165, 1.54) is 0 Å². The van der Waals surface area contributed by atoms with Gasteiger partial charge in [0.1, 0.15) is 0 Å². The maximum atomic E-state index is 11.6. The van der Waals surface area contributed by atoms with Gasteiger partial charge < -0.3 is 21.1 Å². The number of benzene rings is 1. The van der Waals surface area contributed by atoms with Crippen molar-refractivity contribution in [1.82, 2.24) is 10.2 Å². The fraction of sp³-hybridized carbons (Fsp3) is 0.533. The van der Waals surface area contributed by atoms with Crippen molar-refractivity contribution in [3.63, 3.8) is 0 Å². The monoisotopic (exact) mass is 292 g/mol. The average Bonchev–Trinajstić information content (AvgIpc) is 2.49.